The number of allylic oxidation sites excluding steroid dienone is 2. The maximum Gasteiger partial charge on any atom is 0.338 e. The Morgan fingerprint density at radius 2 is 1.69 bits per heavy atom. The van der Waals surface area contributed by atoms with Crippen molar-refractivity contribution in [3.8, 4) is 18.2 Å². The first kappa shape index (κ1) is 24.8. The van der Waals surface area contributed by atoms with Crippen LogP contribution >= 0.6 is 0 Å². The number of hydrogen-bond donors (Lipinski definition) is 0. The molecule has 0 saturated carbocycles. The Bertz CT molecular complexity index is 1300. The van der Waals surface area contributed by atoms with Gasteiger partial charge in [0.1, 0.15) is 36.0 Å². The quantitative estimate of drug-likeness (QED) is 0.422. The molecule has 1 aliphatic rings. The molecule has 3 rings (SSSR count). The van der Waals surface area contributed by atoms with Crippen LogP contribution in [-0.4, -0.2) is 31.8 Å². The SMILES string of the molecule is CN(CCOC(=O)c1ccccc1)c1ccc(/C=C/C2=C(C#N)C(=C(C#N)C#N)OC2(C)C)cc1. The maximum atomic E-state index is 12.1. The van der Waals surface area contributed by atoms with Gasteiger partial charge in [-0.3, -0.25) is 0 Å². The molecular weight excluding hydrogens is 440 g/mol. The molecule has 0 fully saturated rings. The molecule has 2 aromatic rings. The summed E-state index contributed by atoms with van der Waals surface area (Å²) in [7, 11) is 1.92. The Labute approximate surface area is 205 Å². The Hall–Kier alpha value is -4.80. The van der Waals surface area contributed by atoms with Crippen LogP contribution in [0.2, 0.25) is 0 Å². The molecule has 0 unspecified atom stereocenters. The van der Waals surface area contributed by atoms with Crippen molar-refractivity contribution in [2.24, 2.45) is 0 Å². The average molecular weight is 465 g/mol. The second-order valence-corrected chi connectivity index (χ2v) is 8.29. The summed E-state index contributed by atoms with van der Waals surface area (Å²) < 4.78 is 11.1. The van der Waals surface area contributed by atoms with E-state index in [1.807, 2.05) is 48.4 Å². The van der Waals surface area contributed by atoms with E-state index in [1.54, 1.807) is 56.3 Å². The number of benzene rings is 2. The minimum atomic E-state index is -0.854. The van der Waals surface area contributed by atoms with Gasteiger partial charge in [-0.05, 0) is 43.7 Å². The summed E-state index contributed by atoms with van der Waals surface area (Å²) in [5, 5.41) is 28.0. The first-order chi connectivity index (χ1) is 16.8. The molecule has 1 heterocycles. The third-order valence-corrected chi connectivity index (χ3v) is 5.51. The zero-order valence-electron chi connectivity index (χ0n) is 19.8. The van der Waals surface area contributed by atoms with Crippen LogP contribution in [0.25, 0.3) is 6.08 Å². The van der Waals surface area contributed by atoms with Crippen molar-refractivity contribution in [1.29, 1.82) is 15.8 Å². The molecule has 0 aromatic heterocycles. The minimum Gasteiger partial charge on any atom is -0.480 e. The molecule has 2 aromatic carbocycles. The Morgan fingerprint density at radius 3 is 2.29 bits per heavy atom. The maximum absolute atomic E-state index is 12.1. The lowest BCUT2D eigenvalue weighted by atomic mass is 9.94. The highest BCUT2D eigenvalue weighted by atomic mass is 16.5. The number of rotatable bonds is 7. The molecule has 1 aliphatic heterocycles. The number of carbonyl (C=O) groups is 1. The molecule has 35 heavy (non-hydrogen) atoms. The van der Waals surface area contributed by atoms with Gasteiger partial charge in [-0.25, -0.2) is 4.79 Å². The number of likely N-dealkylation sites (N-methyl/N-ethyl adjacent to an activating group) is 1. The summed E-state index contributed by atoms with van der Waals surface area (Å²) in [5.41, 5.74) is 2.09. The smallest absolute Gasteiger partial charge is 0.338 e. The molecule has 7 nitrogen and oxygen atoms in total. The molecule has 0 atom stereocenters. The lowest BCUT2D eigenvalue weighted by Crippen LogP contribution is -2.23. The van der Waals surface area contributed by atoms with Crippen molar-refractivity contribution < 1.29 is 14.3 Å². The van der Waals surface area contributed by atoms with E-state index >= 15 is 0 Å². The summed E-state index contributed by atoms with van der Waals surface area (Å²) in [5.74, 6) is -0.328. The number of anilines is 1. The first-order valence-electron chi connectivity index (χ1n) is 10.9. The van der Waals surface area contributed by atoms with Crippen LogP contribution in [0.3, 0.4) is 0 Å². The van der Waals surface area contributed by atoms with Crippen LogP contribution in [0.1, 0.15) is 29.8 Å². The number of nitrogens with zero attached hydrogens (tertiary/aromatic N) is 4. The van der Waals surface area contributed by atoms with Crippen molar-refractivity contribution in [2.45, 2.75) is 19.4 Å². The Kier molecular flexibility index (Phi) is 7.72. The molecule has 0 bridgehead atoms. The van der Waals surface area contributed by atoms with Crippen molar-refractivity contribution in [2.75, 3.05) is 25.1 Å². The number of esters is 1. The number of carbonyl (C=O) groups excluding carboxylic acids is 1. The van der Waals surface area contributed by atoms with Crippen LogP contribution < -0.4 is 4.90 Å². The number of hydrogen-bond acceptors (Lipinski definition) is 7. The molecular formula is C28H24N4O3. The van der Waals surface area contributed by atoms with E-state index in [2.05, 4.69) is 6.07 Å². The van der Waals surface area contributed by atoms with E-state index in [9.17, 15) is 20.6 Å². The predicted octanol–water partition coefficient (Wildman–Crippen LogP) is 4.92. The van der Waals surface area contributed by atoms with Gasteiger partial charge < -0.3 is 14.4 Å². The monoisotopic (exact) mass is 464 g/mol. The van der Waals surface area contributed by atoms with E-state index in [-0.39, 0.29) is 29.5 Å². The highest BCUT2D eigenvalue weighted by molar-refractivity contribution is 5.89. The van der Waals surface area contributed by atoms with E-state index in [1.165, 1.54) is 0 Å². The van der Waals surface area contributed by atoms with Gasteiger partial charge in [-0.1, -0.05) is 42.5 Å². The summed E-state index contributed by atoms with van der Waals surface area (Å²) in [4.78, 5) is 14.0. The lowest BCUT2D eigenvalue weighted by molar-refractivity contribution is 0.0516. The van der Waals surface area contributed by atoms with Crippen LogP contribution in [0, 0.1) is 34.0 Å². The fourth-order valence-electron chi connectivity index (χ4n) is 3.56. The standard InChI is InChI=1S/C28H24N4O3/c1-28(2)25(24(19-31)26(35-28)22(17-29)18-30)14-11-20-9-12-23(13-10-20)32(3)15-16-34-27(33)21-7-5-4-6-8-21/h4-14H,15-16H2,1-3H3/b14-11+. The third-order valence-electron chi connectivity index (χ3n) is 5.51. The second kappa shape index (κ2) is 10.9. The van der Waals surface area contributed by atoms with Gasteiger partial charge in [0.15, 0.2) is 11.3 Å². The van der Waals surface area contributed by atoms with Crippen LogP contribution in [0.4, 0.5) is 5.69 Å². The van der Waals surface area contributed by atoms with Crippen molar-refractivity contribution in [1.82, 2.24) is 0 Å². The Balaban J connectivity index is 1.67. The van der Waals surface area contributed by atoms with Crippen molar-refractivity contribution in [3.63, 3.8) is 0 Å². The van der Waals surface area contributed by atoms with Gasteiger partial charge in [0.2, 0.25) is 0 Å². The lowest BCUT2D eigenvalue weighted by Gasteiger charge is -2.20. The normalized spacial score (nSPS) is 14.0. The molecule has 0 saturated heterocycles. The summed E-state index contributed by atoms with van der Waals surface area (Å²) in [6, 6.07) is 22.3. The zero-order chi connectivity index (χ0) is 25.4. The predicted molar refractivity (Wildman–Crippen MR) is 132 cm³/mol. The first-order valence-corrected chi connectivity index (χ1v) is 10.9. The molecule has 0 amide bonds. The van der Waals surface area contributed by atoms with E-state index < -0.39 is 5.60 Å². The van der Waals surface area contributed by atoms with Gasteiger partial charge in [-0.15, -0.1) is 0 Å². The molecule has 0 aliphatic carbocycles. The second-order valence-electron chi connectivity index (χ2n) is 8.29. The van der Waals surface area contributed by atoms with Gasteiger partial charge in [-0.2, -0.15) is 15.8 Å². The van der Waals surface area contributed by atoms with Crippen molar-refractivity contribution in [3.05, 3.63) is 94.3 Å². The topological polar surface area (TPSA) is 110 Å². The number of ether oxygens (including phenoxy) is 2. The summed E-state index contributed by atoms with van der Waals surface area (Å²) in [6.45, 7) is 4.36. The summed E-state index contributed by atoms with van der Waals surface area (Å²) in [6.07, 6.45) is 3.63. The van der Waals surface area contributed by atoms with Gasteiger partial charge >= 0.3 is 5.97 Å². The van der Waals surface area contributed by atoms with Crippen molar-refractivity contribution >= 4 is 17.7 Å². The molecule has 174 valence electrons. The Morgan fingerprint density at radius 1 is 1.03 bits per heavy atom. The van der Waals surface area contributed by atoms with E-state index in [0.29, 0.717) is 17.7 Å². The highest BCUT2D eigenvalue weighted by Crippen LogP contribution is 2.40. The van der Waals surface area contributed by atoms with Gasteiger partial charge in [0, 0.05) is 18.3 Å². The van der Waals surface area contributed by atoms with E-state index in [4.69, 9.17) is 9.47 Å². The fourth-order valence-corrected chi connectivity index (χ4v) is 3.56. The molecule has 0 N–H and O–H groups in total. The largest absolute Gasteiger partial charge is 0.480 e. The van der Waals surface area contributed by atoms with Gasteiger partial charge in [0.25, 0.3) is 0 Å². The van der Waals surface area contributed by atoms with Crippen LogP contribution in [0.5, 0.6) is 0 Å². The molecule has 0 spiro atoms. The highest BCUT2D eigenvalue weighted by Gasteiger charge is 2.38. The van der Waals surface area contributed by atoms with Crippen LogP contribution in [-0.2, 0) is 9.47 Å². The van der Waals surface area contributed by atoms with Gasteiger partial charge in [0.05, 0.1) is 12.1 Å². The third kappa shape index (κ3) is 5.77. The zero-order valence-corrected chi connectivity index (χ0v) is 19.8. The fraction of sp³-hybridized carbons (Fsp3) is 0.214. The minimum absolute atomic E-state index is 0.0205. The molecule has 7 heteroatoms. The average Bonchev–Trinajstić information content (AvgIpc) is 3.13. The molecule has 0 radical (unpaired) electrons. The number of nitriles is 3. The van der Waals surface area contributed by atoms with E-state index in [0.717, 1.165) is 11.3 Å². The summed E-state index contributed by atoms with van der Waals surface area (Å²) >= 11 is 0. The van der Waals surface area contributed by atoms with Crippen LogP contribution in [0.15, 0.2) is 83.2 Å².